The highest BCUT2D eigenvalue weighted by Crippen LogP contribution is 2.27. The van der Waals surface area contributed by atoms with Gasteiger partial charge in [-0.1, -0.05) is 54.6 Å². The van der Waals surface area contributed by atoms with E-state index in [4.69, 9.17) is 0 Å². The topological polar surface area (TPSA) is 66.4 Å². The lowest BCUT2D eigenvalue weighted by Gasteiger charge is -2.36. The molecule has 2 aromatic carbocycles. The summed E-state index contributed by atoms with van der Waals surface area (Å²) in [5.41, 5.74) is 4.95. The normalized spacial score (nSPS) is 14.4. The summed E-state index contributed by atoms with van der Waals surface area (Å²) in [4.78, 5) is 27.2. The number of carbonyl (C=O) groups excluding carboxylic acids is 2. The Kier molecular flexibility index (Phi) is 7.02. The van der Waals surface area contributed by atoms with Crippen LogP contribution in [0, 0.1) is 0 Å². The van der Waals surface area contributed by atoms with Crippen molar-refractivity contribution in [3.63, 3.8) is 0 Å². The van der Waals surface area contributed by atoms with Crippen LogP contribution in [-0.4, -0.2) is 40.9 Å². The van der Waals surface area contributed by atoms with Crippen molar-refractivity contribution in [3.8, 4) is 0 Å². The summed E-state index contributed by atoms with van der Waals surface area (Å²) in [7, 11) is 2.01. The molecule has 4 rings (SSSR count). The smallest absolute Gasteiger partial charge is 0.309 e. The number of hydrogen-bond donors (Lipinski definition) is 2. The summed E-state index contributed by atoms with van der Waals surface area (Å²) in [5, 5.41) is 5.59. The Morgan fingerprint density at radius 3 is 2.38 bits per heavy atom. The Labute approximate surface area is 189 Å². The highest BCUT2D eigenvalue weighted by Gasteiger charge is 2.27. The largest absolute Gasteiger partial charge is 0.353 e. The lowest BCUT2D eigenvalue weighted by atomic mass is 9.98. The summed E-state index contributed by atoms with van der Waals surface area (Å²) in [6.45, 7) is 2.54. The third kappa shape index (κ3) is 5.26. The second kappa shape index (κ2) is 10.3. The van der Waals surface area contributed by atoms with Gasteiger partial charge in [0.05, 0.1) is 6.04 Å². The molecular weight excluding hydrogens is 400 g/mol. The quantitative estimate of drug-likeness (QED) is 0.567. The van der Waals surface area contributed by atoms with E-state index in [2.05, 4.69) is 50.4 Å². The maximum atomic E-state index is 12.5. The first-order chi connectivity index (χ1) is 15.6. The predicted octanol–water partition coefficient (Wildman–Crippen LogP) is 2.60. The second-order valence-electron chi connectivity index (χ2n) is 8.25. The Balaban J connectivity index is 1.36. The number of amides is 2. The molecule has 1 aromatic heterocycles. The van der Waals surface area contributed by atoms with E-state index in [9.17, 15) is 9.59 Å². The van der Waals surface area contributed by atoms with Crippen LogP contribution in [-0.2, 0) is 36.0 Å². The minimum absolute atomic E-state index is 0.00979. The molecule has 2 amide bonds. The van der Waals surface area contributed by atoms with Crippen LogP contribution in [0.4, 0.5) is 0 Å². The molecule has 0 radical (unpaired) electrons. The van der Waals surface area contributed by atoms with Crippen LogP contribution in [0.1, 0.15) is 28.4 Å². The molecule has 0 fully saturated rings. The van der Waals surface area contributed by atoms with Crippen molar-refractivity contribution in [2.45, 2.75) is 25.4 Å². The zero-order valence-electron chi connectivity index (χ0n) is 18.5. The van der Waals surface area contributed by atoms with Crippen molar-refractivity contribution >= 4 is 11.8 Å². The Morgan fingerprint density at radius 1 is 0.906 bits per heavy atom. The third-order valence-corrected chi connectivity index (χ3v) is 6.13. The van der Waals surface area contributed by atoms with Crippen LogP contribution in [0.25, 0.3) is 0 Å². The maximum absolute atomic E-state index is 12.5. The van der Waals surface area contributed by atoms with Crippen LogP contribution in [0.5, 0.6) is 0 Å². The van der Waals surface area contributed by atoms with Crippen molar-refractivity contribution in [3.05, 3.63) is 95.3 Å². The highest BCUT2D eigenvalue weighted by atomic mass is 16.2. The van der Waals surface area contributed by atoms with Gasteiger partial charge >= 0.3 is 11.8 Å². The van der Waals surface area contributed by atoms with Gasteiger partial charge in [0, 0.05) is 45.1 Å². The number of aryl methyl sites for hydroxylation is 1. The van der Waals surface area contributed by atoms with Crippen molar-refractivity contribution in [1.82, 2.24) is 20.1 Å². The molecule has 0 bridgehead atoms. The number of hydrogen-bond acceptors (Lipinski definition) is 3. The van der Waals surface area contributed by atoms with Crippen LogP contribution >= 0.6 is 0 Å². The number of carbonyl (C=O) groups is 2. The van der Waals surface area contributed by atoms with Gasteiger partial charge in [-0.25, -0.2) is 0 Å². The van der Waals surface area contributed by atoms with E-state index in [1.807, 2.05) is 49.6 Å². The highest BCUT2D eigenvalue weighted by molar-refractivity contribution is 6.35. The fourth-order valence-corrected chi connectivity index (χ4v) is 4.34. The summed E-state index contributed by atoms with van der Waals surface area (Å²) >= 11 is 0. The van der Waals surface area contributed by atoms with Gasteiger partial charge in [0.1, 0.15) is 0 Å². The predicted molar refractivity (Wildman–Crippen MR) is 125 cm³/mol. The number of nitrogens with one attached hydrogen (secondary N) is 2. The van der Waals surface area contributed by atoms with E-state index in [1.54, 1.807) is 0 Å². The maximum Gasteiger partial charge on any atom is 0.309 e. The summed E-state index contributed by atoms with van der Waals surface area (Å²) in [6.07, 6.45) is 3.68. The fourth-order valence-electron chi connectivity index (χ4n) is 4.34. The van der Waals surface area contributed by atoms with Crippen molar-refractivity contribution in [2.75, 3.05) is 19.6 Å². The SMILES string of the molecule is Cn1cccc1C(CNC(=O)C(=O)NCCc1ccccc1)N1CCc2ccccc2C1. The Morgan fingerprint density at radius 2 is 1.62 bits per heavy atom. The van der Waals surface area contributed by atoms with Gasteiger partial charge in [0.15, 0.2) is 0 Å². The fraction of sp³-hybridized carbons (Fsp3) is 0.308. The van der Waals surface area contributed by atoms with E-state index < -0.39 is 11.8 Å². The minimum atomic E-state index is -0.588. The molecule has 6 nitrogen and oxygen atoms in total. The second-order valence-corrected chi connectivity index (χ2v) is 8.25. The molecule has 166 valence electrons. The molecule has 2 heterocycles. The van der Waals surface area contributed by atoms with Gasteiger partial charge in [-0.2, -0.15) is 0 Å². The molecule has 1 atom stereocenters. The van der Waals surface area contributed by atoms with Gasteiger partial charge < -0.3 is 15.2 Å². The third-order valence-electron chi connectivity index (χ3n) is 6.13. The number of benzene rings is 2. The first-order valence-electron chi connectivity index (χ1n) is 11.1. The molecule has 3 aromatic rings. The monoisotopic (exact) mass is 430 g/mol. The standard InChI is InChI=1S/C26H30N4O2/c1-29-16-7-12-23(29)24(30-17-14-21-10-5-6-11-22(21)19-30)18-28-26(32)25(31)27-15-13-20-8-3-2-4-9-20/h2-12,16,24H,13-15,17-19H2,1H3,(H,27,31)(H,28,32). The molecule has 1 unspecified atom stereocenters. The summed E-state index contributed by atoms with van der Waals surface area (Å²) in [6, 6.07) is 22.5. The molecular formula is C26H30N4O2. The van der Waals surface area contributed by atoms with Gasteiger partial charge in [0.25, 0.3) is 0 Å². The van der Waals surface area contributed by atoms with Gasteiger partial charge in [0.2, 0.25) is 0 Å². The lowest BCUT2D eigenvalue weighted by molar-refractivity contribution is -0.139. The average molecular weight is 431 g/mol. The van der Waals surface area contributed by atoms with Gasteiger partial charge in [-0.3, -0.25) is 14.5 Å². The van der Waals surface area contributed by atoms with E-state index in [0.717, 1.165) is 30.8 Å². The molecule has 0 spiro atoms. The number of fused-ring (bicyclic) bond motifs is 1. The molecule has 1 aliphatic rings. The molecule has 0 aliphatic carbocycles. The number of aromatic nitrogens is 1. The van der Waals surface area contributed by atoms with E-state index in [0.29, 0.717) is 19.5 Å². The molecule has 1 aliphatic heterocycles. The summed E-state index contributed by atoms with van der Waals surface area (Å²) in [5.74, 6) is -1.18. The van der Waals surface area contributed by atoms with Crippen molar-refractivity contribution in [1.29, 1.82) is 0 Å². The lowest BCUT2D eigenvalue weighted by Crippen LogP contribution is -2.45. The summed E-state index contributed by atoms with van der Waals surface area (Å²) < 4.78 is 2.08. The molecule has 0 saturated heterocycles. The first kappa shape index (κ1) is 21.8. The van der Waals surface area contributed by atoms with E-state index >= 15 is 0 Å². The van der Waals surface area contributed by atoms with Crippen molar-refractivity contribution < 1.29 is 9.59 Å². The van der Waals surface area contributed by atoms with Gasteiger partial charge in [-0.05, 0) is 41.7 Å². The first-order valence-corrected chi connectivity index (χ1v) is 11.1. The average Bonchev–Trinajstić information content (AvgIpc) is 3.25. The van der Waals surface area contributed by atoms with Crippen LogP contribution in [0.3, 0.4) is 0 Å². The molecule has 32 heavy (non-hydrogen) atoms. The van der Waals surface area contributed by atoms with E-state index in [-0.39, 0.29) is 6.04 Å². The number of rotatable bonds is 7. The van der Waals surface area contributed by atoms with Crippen LogP contribution < -0.4 is 10.6 Å². The Bertz CT molecular complexity index is 1060. The molecule has 6 heteroatoms. The van der Waals surface area contributed by atoms with Crippen molar-refractivity contribution in [2.24, 2.45) is 7.05 Å². The van der Waals surface area contributed by atoms with E-state index in [1.165, 1.54) is 11.1 Å². The van der Waals surface area contributed by atoms with Crippen LogP contribution in [0.15, 0.2) is 72.9 Å². The molecule has 0 saturated carbocycles. The molecule has 2 N–H and O–H groups in total. The minimum Gasteiger partial charge on any atom is -0.353 e. The Hall–Kier alpha value is -3.38. The number of nitrogens with zero attached hydrogens (tertiary/aromatic N) is 2. The zero-order chi connectivity index (χ0) is 22.3. The van der Waals surface area contributed by atoms with Crippen LogP contribution in [0.2, 0.25) is 0 Å². The van der Waals surface area contributed by atoms with Gasteiger partial charge in [-0.15, -0.1) is 0 Å². The zero-order valence-corrected chi connectivity index (χ0v) is 18.5.